The summed E-state index contributed by atoms with van der Waals surface area (Å²) in [5.41, 5.74) is 4.29. The molecule has 8 heteroatoms. The number of hydrogen-bond acceptors (Lipinski definition) is 7. The third-order valence-corrected chi connectivity index (χ3v) is 6.58. The van der Waals surface area contributed by atoms with Crippen LogP contribution in [0, 0.1) is 0 Å². The standard InChI is InChI=1S/C24H33N5O3/c1-17-13-29(14-18(2)32-17)24-25-22-16-27(8-7-21(22)23(30)26-24)15-19-3-5-20(6-4-19)28-9-11-31-12-10-28/h3-6,17-18H,7-16H2,1-2H3,(H,25,26,30)/t17-,18+. The second kappa shape index (κ2) is 9.21. The smallest absolute Gasteiger partial charge is 0.255 e. The number of morpholine rings is 2. The van der Waals surface area contributed by atoms with Crippen LogP contribution in [-0.2, 0) is 29.0 Å². The predicted octanol–water partition coefficient (Wildman–Crippen LogP) is 1.78. The zero-order valence-electron chi connectivity index (χ0n) is 19.0. The maximum Gasteiger partial charge on any atom is 0.255 e. The number of fused-ring (bicyclic) bond motifs is 1. The average Bonchev–Trinajstić information content (AvgIpc) is 2.79. The van der Waals surface area contributed by atoms with Gasteiger partial charge in [0.25, 0.3) is 5.56 Å². The van der Waals surface area contributed by atoms with Crippen LogP contribution in [0.5, 0.6) is 0 Å². The Labute approximate surface area is 189 Å². The summed E-state index contributed by atoms with van der Waals surface area (Å²) in [5, 5.41) is 0. The zero-order chi connectivity index (χ0) is 22.1. The molecular formula is C24H33N5O3. The molecule has 0 radical (unpaired) electrons. The summed E-state index contributed by atoms with van der Waals surface area (Å²) < 4.78 is 11.3. The van der Waals surface area contributed by atoms with E-state index in [4.69, 9.17) is 14.5 Å². The number of H-pyrrole nitrogens is 1. The lowest BCUT2D eigenvalue weighted by Crippen LogP contribution is -2.47. The quantitative estimate of drug-likeness (QED) is 0.778. The predicted molar refractivity (Wildman–Crippen MR) is 124 cm³/mol. The van der Waals surface area contributed by atoms with Gasteiger partial charge in [-0.3, -0.25) is 14.7 Å². The van der Waals surface area contributed by atoms with Crippen molar-refractivity contribution in [2.24, 2.45) is 0 Å². The van der Waals surface area contributed by atoms with Gasteiger partial charge >= 0.3 is 0 Å². The van der Waals surface area contributed by atoms with Gasteiger partial charge in [0.2, 0.25) is 5.95 Å². The minimum atomic E-state index is 0.00584. The van der Waals surface area contributed by atoms with Crippen molar-refractivity contribution in [1.82, 2.24) is 14.9 Å². The summed E-state index contributed by atoms with van der Waals surface area (Å²) in [6.07, 6.45) is 0.980. The van der Waals surface area contributed by atoms with Crippen LogP contribution < -0.4 is 15.4 Å². The van der Waals surface area contributed by atoms with Crippen LogP contribution in [0.3, 0.4) is 0 Å². The minimum absolute atomic E-state index is 0.00584. The minimum Gasteiger partial charge on any atom is -0.378 e. The first-order valence-electron chi connectivity index (χ1n) is 11.7. The molecule has 0 spiro atoms. The van der Waals surface area contributed by atoms with E-state index in [2.05, 4.69) is 57.8 Å². The molecule has 1 aromatic carbocycles. The molecule has 1 aromatic heterocycles. The van der Waals surface area contributed by atoms with Crippen molar-refractivity contribution < 1.29 is 9.47 Å². The fourth-order valence-electron chi connectivity index (χ4n) is 5.01. The van der Waals surface area contributed by atoms with E-state index in [1.807, 2.05) is 0 Å². The molecule has 32 heavy (non-hydrogen) atoms. The van der Waals surface area contributed by atoms with Crippen LogP contribution in [0.2, 0.25) is 0 Å². The number of ether oxygens (including phenoxy) is 2. The summed E-state index contributed by atoms with van der Waals surface area (Å²) in [5.74, 6) is 0.674. The molecule has 0 unspecified atom stereocenters. The van der Waals surface area contributed by atoms with E-state index >= 15 is 0 Å². The highest BCUT2D eigenvalue weighted by atomic mass is 16.5. The number of aromatic nitrogens is 2. The number of hydrogen-bond donors (Lipinski definition) is 1. The monoisotopic (exact) mass is 439 g/mol. The van der Waals surface area contributed by atoms with Crippen LogP contribution in [0.25, 0.3) is 0 Å². The summed E-state index contributed by atoms with van der Waals surface area (Å²) in [4.78, 5) is 27.6. The van der Waals surface area contributed by atoms with Crippen LogP contribution in [0.15, 0.2) is 29.1 Å². The lowest BCUT2D eigenvalue weighted by molar-refractivity contribution is -0.00576. The number of rotatable bonds is 4. The Morgan fingerprint density at radius 1 is 1.03 bits per heavy atom. The number of aromatic amines is 1. The van der Waals surface area contributed by atoms with E-state index in [-0.39, 0.29) is 17.8 Å². The number of nitrogens with one attached hydrogen (secondary N) is 1. The molecule has 1 N–H and O–H groups in total. The molecule has 4 heterocycles. The van der Waals surface area contributed by atoms with Crippen LogP contribution in [-0.4, -0.2) is 73.0 Å². The second-order valence-electron chi connectivity index (χ2n) is 9.20. The molecule has 0 bridgehead atoms. The van der Waals surface area contributed by atoms with Crippen molar-refractivity contribution in [1.29, 1.82) is 0 Å². The van der Waals surface area contributed by atoms with E-state index in [9.17, 15) is 4.79 Å². The highest BCUT2D eigenvalue weighted by molar-refractivity contribution is 5.48. The lowest BCUT2D eigenvalue weighted by Gasteiger charge is -2.36. The SMILES string of the molecule is C[C@@H]1CN(c2nc3c(c(=O)[nH]2)CCN(Cc2ccc(N4CCOCC4)cc2)C3)C[C@H](C)O1. The van der Waals surface area contributed by atoms with Gasteiger partial charge in [0, 0.05) is 57.1 Å². The van der Waals surface area contributed by atoms with Gasteiger partial charge in [0.15, 0.2) is 0 Å². The first kappa shape index (κ1) is 21.4. The first-order valence-corrected chi connectivity index (χ1v) is 11.7. The second-order valence-corrected chi connectivity index (χ2v) is 9.20. The summed E-state index contributed by atoms with van der Waals surface area (Å²) >= 11 is 0. The Bertz CT molecular complexity index is 976. The number of benzene rings is 1. The van der Waals surface area contributed by atoms with E-state index in [0.717, 1.165) is 70.2 Å². The van der Waals surface area contributed by atoms with E-state index in [1.54, 1.807) is 0 Å². The molecule has 2 atom stereocenters. The largest absolute Gasteiger partial charge is 0.378 e. The van der Waals surface area contributed by atoms with Gasteiger partial charge in [0.1, 0.15) is 0 Å². The normalized spacial score (nSPS) is 24.4. The zero-order valence-corrected chi connectivity index (χ0v) is 19.0. The van der Waals surface area contributed by atoms with E-state index < -0.39 is 0 Å². The average molecular weight is 440 g/mol. The molecule has 5 rings (SSSR count). The summed E-state index contributed by atoms with van der Waals surface area (Å²) in [6.45, 7) is 11.5. The van der Waals surface area contributed by atoms with Gasteiger partial charge in [-0.2, -0.15) is 0 Å². The lowest BCUT2D eigenvalue weighted by atomic mass is 10.1. The van der Waals surface area contributed by atoms with Crippen molar-refractivity contribution >= 4 is 11.6 Å². The van der Waals surface area contributed by atoms with Crippen molar-refractivity contribution in [3.05, 3.63) is 51.4 Å². The highest BCUT2D eigenvalue weighted by Crippen LogP contribution is 2.22. The Kier molecular flexibility index (Phi) is 6.17. The highest BCUT2D eigenvalue weighted by Gasteiger charge is 2.27. The summed E-state index contributed by atoms with van der Waals surface area (Å²) in [7, 11) is 0. The topological polar surface area (TPSA) is 73.9 Å². The Morgan fingerprint density at radius 3 is 2.47 bits per heavy atom. The van der Waals surface area contributed by atoms with Gasteiger partial charge in [0.05, 0.1) is 31.1 Å². The van der Waals surface area contributed by atoms with Crippen LogP contribution in [0.4, 0.5) is 11.6 Å². The molecule has 3 aliphatic rings. The number of nitrogens with zero attached hydrogens (tertiary/aromatic N) is 4. The third kappa shape index (κ3) is 4.67. The Balaban J connectivity index is 1.27. The number of anilines is 2. The van der Waals surface area contributed by atoms with Crippen molar-refractivity contribution in [3.8, 4) is 0 Å². The van der Waals surface area contributed by atoms with Crippen molar-refractivity contribution in [2.75, 3.05) is 55.7 Å². The maximum absolute atomic E-state index is 12.8. The molecule has 0 aliphatic carbocycles. The van der Waals surface area contributed by atoms with Gasteiger partial charge in [-0.05, 0) is 38.0 Å². The van der Waals surface area contributed by atoms with Gasteiger partial charge < -0.3 is 19.3 Å². The molecule has 0 saturated carbocycles. The maximum atomic E-state index is 12.8. The molecule has 0 amide bonds. The molecule has 2 aromatic rings. The molecule has 172 valence electrons. The Morgan fingerprint density at radius 2 is 1.75 bits per heavy atom. The molecule has 2 saturated heterocycles. The summed E-state index contributed by atoms with van der Waals surface area (Å²) in [6, 6.07) is 8.85. The Hall–Kier alpha value is -2.42. The molecule has 8 nitrogen and oxygen atoms in total. The molecule has 2 fully saturated rings. The van der Waals surface area contributed by atoms with Crippen LogP contribution >= 0.6 is 0 Å². The van der Waals surface area contributed by atoms with Gasteiger partial charge in [-0.25, -0.2) is 4.98 Å². The van der Waals surface area contributed by atoms with E-state index in [1.165, 1.54) is 11.3 Å². The van der Waals surface area contributed by atoms with Gasteiger partial charge in [-0.15, -0.1) is 0 Å². The van der Waals surface area contributed by atoms with Crippen molar-refractivity contribution in [2.45, 2.75) is 45.6 Å². The van der Waals surface area contributed by atoms with Crippen LogP contribution in [0.1, 0.15) is 30.7 Å². The fourth-order valence-corrected chi connectivity index (χ4v) is 5.01. The first-order chi connectivity index (χ1) is 15.5. The van der Waals surface area contributed by atoms with Gasteiger partial charge in [-0.1, -0.05) is 12.1 Å². The molecular weight excluding hydrogens is 406 g/mol. The van der Waals surface area contributed by atoms with E-state index in [0.29, 0.717) is 12.5 Å². The third-order valence-electron chi connectivity index (χ3n) is 6.58. The molecule has 3 aliphatic heterocycles. The van der Waals surface area contributed by atoms with Crippen molar-refractivity contribution in [3.63, 3.8) is 0 Å². The fraction of sp³-hybridized carbons (Fsp3) is 0.583.